The number of anilines is 2. The second-order valence-corrected chi connectivity index (χ2v) is 13.3. The minimum Gasteiger partial charge on any atom is -0.444 e. The van der Waals surface area contributed by atoms with Gasteiger partial charge in [0.15, 0.2) is 10.3 Å². The maximum Gasteiger partial charge on any atom is 0.410 e. The number of rotatable bonds is 3. The van der Waals surface area contributed by atoms with Crippen LogP contribution in [0.4, 0.5) is 19.9 Å². The van der Waals surface area contributed by atoms with Crippen LogP contribution in [-0.4, -0.2) is 62.2 Å². The largest absolute Gasteiger partial charge is 0.444 e. The predicted octanol–water partition coefficient (Wildman–Crippen LogP) is 5.97. The van der Waals surface area contributed by atoms with Crippen LogP contribution in [0.2, 0.25) is 0 Å². The molecule has 0 aliphatic carbocycles. The first kappa shape index (κ1) is 30.6. The monoisotopic (exact) mass is 580 g/mol. The summed E-state index contributed by atoms with van der Waals surface area (Å²) in [7, 11) is 0. The van der Waals surface area contributed by atoms with Gasteiger partial charge in [-0.3, -0.25) is 14.6 Å². The number of nitrogens with zero attached hydrogens (tertiary/aromatic N) is 4. The standard InChI is InChI=1S/C14H21N3O3S.C12H19N3O2S/c1-9(18)15-12-16-10(8-21-12)11-6-5-7-17(11)13(19)20-14(2,3)4;1-12(2,3)17-11(16)15-6-4-5-9(15)8-7-18-10(13)14-8/h8,11H,5-7H2,1-4H3,(H,15,16,18);7,9H,4-6H2,1-3H3,(H2,13,14)/t11-;9-/m11/s1. The highest BCUT2D eigenvalue weighted by Crippen LogP contribution is 2.35. The van der Waals surface area contributed by atoms with Gasteiger partial charge in [0.1, 0.15) is 11.2 Å². The summed E-state index contributed by atoms with van der Waals surface area (Å²) in [6.45, 7) is 14.0. The van der Waals surface area contributed by atoms with Crippen molar-refractivity contribution in [3.63, 3.8) is 0 Å². The molecule has 0 spiro atoms. The van der Waals surface area contributed by atoms with Gasteiger partial charge in [-0.1, -0.05) is 0 Å². The molecule has 0 aromatic carbocycles. The lowest BCUT2D eigenvalue weighted by atomic mass is 10.2. The van der Waals surface area contributed by atoms with E-state index in [1.165, 1.54) is 29.6 Å². The average molecular weight is 581 g/mol. The van der Waals surface area contributed by atoms with Crippen LogP contribution >= 0.6 is 22.7 Å². The van der Waals surface area contributed by atoms with E-state index < -0.39 is 11.2 Å². The first-order chi connectivity index (χ1) is 18.1. The molecule has 3 N–H and O–H groups in total. The Morgan fingerprint density at radius 1 is 0.872 bits per heavy atom. The fraction of sp³-hybridized carbons (Fsp3) is 0.654. The minimum atomic E-state index is -0.506. The summed E-state index contributed by atoms with van der Waals surface area (Å²) < 4.78 is 10.8. The van der Waals surface area contributed by atoms with Crippen LogP contribution in [-0.2, 0) is 14.3 Å². The number of ether oxygens (including phenoxy) is 2. The van der Waals surface area contributed by atoms with Crippen LogP contribution in [0.5, 0.6) is 0 Å². The van der Waals surface area contributed by atoms with E-state index in [0.29, 0.717) is 16.8 Å². The summed E-state index contributed by atoms with van der Waals surface area (Å²) in [5.74, 6) is -0.147. The maximum absolute atomic E-state index is 12.2. The second-order valence-electron chi connectivity index (χ2n) is 11.5. The maximum atomic E-state index is 12.2. The summed E-state index contributed by atoms with van der Waals surface area (Å²) in [6.07, 6.45) is 3.11. The number of likely N-dealkylation sites (tertiary alicyclic amines) is 2. The zero-order valence-electron chi connectivity index (χ0n) is 23.8. The van der Waals surface area contributed by atoms with Gasteiger partial charge in [0.2, 0.25) is 5.91 Å². The molecule has 4 rings (SSSR count). The Balaban J connectivity index is 0.000000218. The quantitative estimate of drug-likeness (QED) is 0.452. The molecule has 2 aromatic heterocycles. The second kappa shape index (κ2) is 12.5. The number of carbonyl (C=O) groups is 3. The number of nitrogen functional groups attached to an aromatic ring is 1. The predicted molar refractivity (Wildman–Crippen MR) is 153 cm³/mol. The van der Waals surface area contributed by atoms with Crippen molar-refractivity contribution in [1.29, 1.82) is 0 Å². The van der Waals surface area contributed by atoms with Gasteiger partial charge in [0.25, 0.3) is 0 Å². The fourth-order valence-corrected chi connectivity index (χ4v) is 5.74. The molecule has 0 radical (unpaired) electrons. The van der Waals surface area contributed by atoms with Gasteiger partial charge in [0, 0.05) is 30.8 Å². The molecule has 2 aliphatic rings. The lowest BCUT2D eigenvalue weighted by Crippen LogP contribution is -2.36. The van der Waals surface area contributed by atoms with Crippen molar-refractivity contribution in [2.24, 2.45) is 0 Å². The van der Waals surface area contributed by atoms with Gasteiger partial charge in [-0.2, -0.15) is 0 Å². The molecule has 0 saturated carbocycles. The average Bonchev–Trinajstić information content (AvgIpc) is 3.57. The van der Waals surface area contributed by atoms with Crippen molar-refractivity contribution in [3.8, 4) is 0 Å². The SMILES string of the molecule is CC(=O)Nc1nc([C@H]2CCCN2C(=O)OC(C)(C)C)cs1.CC(C)(C)OC(=O)N1CCC[C@@H]1c1csc(N)n1. The van der Waals surface area contributed by atoms with E-state index >= 15 is 0 Å². The van der Waals surface area contributed by atoms with Crippen LogP contribution in [0.25, 0.3) is 0 Å². The van der Waals surface area contributed by atoms with Crippen molar-refractivity contribution in [1.82, 2.24) is 19.8 Å². The molecule has 2 saturated heterocycles. The van der Waals surface area contributed by atoms with E-state index in [2.05, 4.69) is 15.3 Å². The summed E-state index contributed by atoms with van der Waals surface area (Å²) in [5.41, 5.74) is 6.36. The number of carbonyl (C=O) groups excluding carboxylic acids is 3. The van der Waals surface area contributed by atoms with Crippen LogP contribution in [0.1, 0.15) is 97.6 Å². The highest BCUT2D eigenvalue weighted by atomic mass is 32.1. The van der Waals surface area contributed by atoms with Gasteiger partial charge < -0.3 is 20.5 Å². The Labute approximate surface area is 238 Å². The molecule has 2 aromatic rings. The first-order valence-electron chi connectivity index (χ1n) is 13.1. The van der Waals surface area contributed by atoms with Crippen LogP contribution in [0, 0.1) is 0 Å². The van der Waals surface area contributed by atoms with E-state index in [1.807, 2.05) is 52.3 Å². The zero-order chi connectivity index (χ0) is 29.0. The Kier molecular flexibility index (Phi) is 9.81. The molecule has 2 atom stereocenters. The van der Waals surface area contributed by atoms with Gasteiger partial charge in [0.05, 0.1) is 23.5 Å². The van der Waals surface area contributed by atoms with E-state index in [9.17, 15) is 14.4 Å². The van der Waals surface area contributed by atoms with Gasteiger partial charge in [-0.15, -0.1) is 22.7 Å². The van der Waals surface area contributed by atoms with Gasteiger partial charge >= 0.3 is 12.2 Å². The van der Waals surface area contributed by atoms with Crippen LogP contribution in [0.3, 0.4) is 0 Å². The Morgan fingerprint density at radius 2 is 1.33 bits per heavy atom. The highest BCUT2D eigenvalue weighted by molar-refractivity contribution is 7.14. The van der Waals surface area contributed by atoms with Crippen molar-refractivity contribution < 1.29 is 23.9 Å². The van der Waals surface area contributed by atoms with Crippen LogP contribution < -0.4 is 11.1 Å². The molecular weight excluding hydrogens is 540 g/mol. The van der Waals surface area contributed by atoms with Crippen LogP contribution in [0.15, 0.2) is 10.8 Å². The third-order valence-corrected chi connectivity index (χ3v) is 7.26. The Hall–Kier alpha value is -2.93. The number of aromatic nitrogens is 2. The molecule has 39 heavy (non-hydrogen) atoms. The molecule has 3 amide bonds. The van der Waals surface area contributed by atoms with Crippen molar-refractivity contribution in [2.75, 3.05) is 24.1 Å². The third-order valence-electron chi connectivity index (χ3n) is 5.79. The number of nitrogens with one attached hydrogen (secondary N) is 1. The topological polar surface area (TPSA) is 140 Å². The van der Waals surface area contributed by atoms with Gasteiger partial charge in [-0.05, 0) is 67.2 Å². The molecule has 4 heterocycles. The summed E-state index contributed by atoms with van der Waals surface area (Å²) in [4.78, 5) is 47.5. The Morgan fingerprint density at radius 3 is 1.74 bits per heavy atom. The number of hydrogen-bond donors (Lipinski definition) is 2. The molecule has 0 bridgehead atoms. The number of hydrogen-bond acceptors (Lipinski definition) is 10. The van der Waals surface area contributed by atoms with Gasteiger partial charge in [-0.25, -0.2) is 19.6 Å². The number of nitrogens with two attached hydrogens (primary N) is 1. The highest BCUT2D eigenvalue weighted by Gasteiger charge is 2.35. The smallest absolute Gasteiger partial charge is 0.410 e. The summed E-state index contributed by atoms with van der Waals surface area (Å²) in [6, 6.07) is -0.0630. The minimum absolute atomic E-state index is 0.00778. The van der Waals surface area contributed by atoms with Crippen molar-refractivity contribution >= 4 is 51.0 Å². The van der Waals surface area contributed by atoms with E-state index in [0.717, 1.165) is 43.6 Å². The molecule has 13 heteroatoms. The fourth-order valence-electron chi connectivity index (χ4n) is 4.33. The Bertz CT molecular complexity index is 1150. The lowest BCUT2D eigenvalue weighted by molar-refractivity contribution is -0.114. The molecule has 216 valence electrons. The molecular formula is C26H40N6O5S2. The third kappa shape index (κ3) is 9.06. The normalized spacial score (nSPS) is 19.4. The number of thiazole rings is 2. The summed E-state index contributed by atoms with van der Waals surface area (Å²) in [5, 5.41) is 7.58. The van der Waals surface area contributed by atoms with Crippen molar-refractivity contribution in [3.05, 3.63) is 22.1 Å². The first-order valence-corrected chi connectivity index (χ1v) is 14.8. The summed E-state index contributed by atoms with van der Waals surface area (Å²) >= 11 is 2.78. The van der Waals surface area contributed by atoms with E-state index in [4.69, 9.17) is 15.2 Å². The molecule has 11 nitrogen and oxygen atoms in total. The number of amides is 3. The van der Waals surface area contributed by atoms with E-state index in [-0.39, 0.29) is 30.2 Å². The molecule has 2 fully saturated rings. The van der Waals surface area contributed by atoms with Crippen molar-refractivity contribution in [2.45, 2.75) is 97.4 Å². The van der Waals surface area contributed by atoms with E-state index in [1.54, 1.807) is 9.80 Å². The molecule has 0 unspecified atom stereocenters. The lowest BCUT2D eigenvalue weighted by Gasteiger charge is -2.27. The molecule has 2 aliphatic heterocycles. The zero-order valence-corrected chi connectivity index (χ0v) is 25.4.